The molecule has 1 aliphatic heterocycles. The van der Waals surface area contributed by atoms with Crippen LogP contribution >= 0.6 is 11.8 Å². The first-order valence-corrected chi connectivity index (χ1v) is 13.1. The predicted octanol–water partition coefficient (Wildman–Crippen LogP) is 3.16. The Kier molecular flexibility index (Phi) is 8.33. The fraction of sp³-hybridized carbons (Fsp3) is 0.391. The van der Waals surface area contributed by atoms with E-state index in [0.29, 0.717) is 37.4 Å². The van der Waals surface area contributed by atoms with E-state index >= 15 is 0 Å². The number of anilines is 1. The molecule has 0 saturated carbocycles. The highest BCUT2D eigenvalue weighted by molar-refractivity contribution is 7.99. The first-order valence-electron chi connectivity index (χ1n) is 10.5. The molecular formula is C23H29N3O4S2. The zero-order valence-electron chi connectivity index (χ0n) is 18.3. The number of nitrogens with zero attached hydrogens (tertiary/aromatic N) is 1. The molecule has 1 fully saturated rings. The van der Waals surface area contributed by atoms with Gasteiger partial charge in [0.1, 0.15) is 0 Å². The van der Waals surface area contributed by atoms with Crippen LogP contribution in [0.5, 0.6) is 0 Å². The van der Waals surface area contributed by atoms with E-state index in [1.807, 2.05) is 6.92 Å². The van der Waals surface area contributed by atoms with Gasteiger partial charge in [-0.3, -0.25) is 9.59 Å². The van der Waals surface area contributed by atoms with Crippen LogP contribution in [0.4, 0.5) is 5.69 Å². The monoisotopic (exact) mass is 475 g/mol. The average molecular weight is 476 g/mol. The molecule has 32 heavy (non-hydrogen) atoms. The van der Waals surface area contributed by atoms with Crippen LogP contribution in [0.15, 0.2) is 53.4 Å². The number of amides is 2. The molecule has 1 aliphatic rings. The number of hydrogen-bond donors (Lipinski definition) is 2. The Balaban J connectivity index is 1.44. The molecule has 2 aromatic rings. The highest BCUT2D eigenvalue weighted by Crippen LogP contribution is 2.22. The molecule has 0 spiro atoms. The molecule has 2 amide bonds. The number of nitrogens with one attached hydrogen (secondary N) is 2. The summed E-state index contributed by atoms with van der Waals surface area (Å²) in [6.45, 7) is 4.16. The maximum Gasteiger partial charge on any atom is 0.243 e. The zero-order valence-corrected chi connectivity index (χ0v) is 20.0. The van der Waals surface area contributed by atoms with Crippen molar-refractivity contribution >= 4 is 39.3 Å². The summed E-state index contributed by atoms with van der Waals surface area (Å²) < 4.78 is 27.2. The highest BCUT2D eigenvalue weighted by Gasteiger charge is 2.29. The van der Waals surface area contributed by atoms with Crippen molar-refractivity contribution in [2.75, 3.05) is 24.2 Å². The van der Waals surface area contributed by atoms with Crippen molar-refractivity contribution in [3.63, 3.8) is 0 Å². The van der Waals surface area contributed by atoms with E-state index in [1.54, 1.807) is 23.9 Å². The maximum atomic E-state index is 12.9. The van der Waals surface area contributed by atoms with Crippen LogP contribution in [-0.4, -0.2) is 49.4 Å². The number of thioether (sulfide) groups is 1. The summed E-state index contributed by atoms with van der Waals surface area (Å²) in [5.41, 5.74) is 2.96. The SMILES string of the molecule is CC(=O)Nc1ccc(S(=O)(=O)N2CCC(NC(=O)CSCc3ccc(C)cc3)CC2)cc1. The Hall–Kier alpha value is -2.36. The van der Waals surface area contributed by atoms with Crippen LogP contribution in [0.1, 0.15) is 30.9 Å². The minimum Gasteiger partial charge on any atom is -0.353 e. The summed E-state index contributed by atoms with van der Waals surface area (Å²) in [5.74, 6) is 0.938. The largest absolute Gasteiger partial charge is 0.353 e. The highest BCUT2D eigenvalue weighted by atomic mass is 32.2. The van der Waals surface area contributed by atoms with Gasteiger partial charge in [0.15, 0.2) is 0 Å². The van der Waals surface area contributed by atoms with Crippen molar-refractivity contribution in [3.8, 4) is 0 Å². The molecule has 9 heteroatoms. The van der Waals surface area contributed by atoms with E-state index in [-0.39, 0.29) is 22.8 Å². The molecule has 1 heterocycles. The second-order valence-electron chi connectivity index (χ2n) is 7.93. The molecular weight excluding hydrogens is 446 g/mol. The number of aryl methyl sites for hydroxylation is 1. The molecule has 172 valence electrons. The van der Waals surface area contributed by atoms with Gasteiger partial charge in [0.25, 0.3) is 0 Å². The smallest absolute Gasteiger partial charge is 0.243 e. The third-order valence-corrected chi connectivity index (χ3v) is 8.17. The standard InChI is InChI=1S/C23H29N3O4S2/c1-17-3-5-19(6-4-17)15-31-16-23(28)25-21-11-13-26(14-12-21)32(29,30)22-9-7-20(8-10-22)24-18(2)27/h3-10,21H,11-16H2,1-2H3,(H,24,27)(H,25,28). The zero-order chi connectivity index (χ0) is 23.1. The van der Waals surface area contributed by atoms with Crippen LogP contribution in [0.2, 0.25) is 0 Å². The molecule has 0 unspecified atom stereocenters. The van der Waals surface area contributed by atoms with Gasteiger partial charge in [-0.1, -0.05) is 29.8 Å². The van der Waals surface area contributed by atoms with Crippen molar-refractivity contribution in [3.05, 3.63) is 59.7 Å². The van der Waals surface area contributed by atoms with Crippen LogP contribution in [0.25, 0.3) is 0 Å². The molecule has 3 rings (SSSR count). The third-order valence-electron chi connectivity index (χ3n) is 5.25. The summed E-state index contributed by atoms with van der Waals surface area (Å²) in [5, 5.41) is 5.65. The average Bonchev–Trinajstić information content (AvgIpc) is 2.75. The van der Waals surface area contributed by atoms with Gasteiger partial charge in [-0.15, -0.1) is 11.8 Å². The van der Waals surface area contributed by atoms with E-state index in [1.165, 1.54) is 34.5 Å². The van der Waals surface area contributed by atoms with Crippen molar-refractivity contribution in [1.82, 2.24) is 9.62 Å². The summed E-state index contributed by atoms with van der Waals surface area (Å²) >= 11 is 1.57. The lowest BCUT2D eigenvalue weighted by atomic mass is 10.1. The van der Waals surface area contributed by atoms with E-state index < -0.39 is 10.0 Å². The number of hydrogen-bond acceptors (Lipinski definition) is 5. The minimum atomic E-state index is -3.60. The lowest BCUT2D eigenvalue weighted by molar-refractivity contribution is -0.119. The Morgan fingerprint density at radius 3 is 2.25 bits per heavy atom. The predicted molar refractivity (Wildman–Crippen MR) is 128 cm³/mol. The molecule has 1 saturated heterocycles. The first-order chi connectivity index (χ1) is 15.2. The van der Waals surface area contributed by atoms with Crippen LogP contribution < -0.4 is 10.6 Å². The molecule has 0 bridgehead atoms. The molecule has 0 radical (unpaired) electrons. The normalized spacial score (nSPS) is 15.3. The van der Waals surface area contributed by atoms with Gasteiger partial charge in [-0.05, 0) is 49.6 Å². The quantitative estimate of drug-likeness (QED) is 0.612. The maximum absolute atomic E-state index is 12.9. The van der Waals surface area contributed by atoms with Crippen molar-refractivity contribution in [2.45, 2.75) is 43.4 Å². The fourth-order valence-corrected chi connectivity index (χ4v) is 5.79. The van der Waals surface area contributed by atoms with E-state index in [4.69, 9.17) is 0 Å². The van der Waals surface area contributed by atoms with E-state index in [9.17, 15) is 18.0 Å². The second-order valence-corrected chi connectivity index (χ2v) is 10.9. The topological polar surface area (TPSA) is 95.6 Å². The number of sulfonamides is 1. The first kappa shape index (κ1) is 24.3. The van der Waals surface area contributed by atoms with Crippen LogP contribution in [0, 0.1) is 6.92 Å². The summed E-state index contributed by atoms with van der Waals surface area (Å²) in [4.78, 5) is 23.6. The van der Waals surface area contributed by atoms with Crippen LogP contribution in [0.3, 0.4) is 0 Å². The lowest BCUT2D eigenvalue weighted by Crippen LogP contribution is -2.46. The van der Waals surface area contributed by atoms with Crippen LogP contribution in [-0.2, 0) is 25.4 Å². The molecule has 2 aromatic carbocycles. The number of piperidine rings is 1. The molecule has 7 nitrogen and oxygen atoms in total. The Labute approximate surface area is 194 Å². The van der Waals surface area contributed by atoms with Gasteiger partial charge >= 0.3 is 0 Å². The van der Waals surface area contributed by atoms with E-state index in [0.717, 1.165) is 5.75 Å². The summed E-state index contributed by atoms with van der Waals surface area (Å²) in [6.07, 6.45) is 1.16. The molecule has 0 aliphatic carbocycles. The lowest BCUT2D eigenvalue weighted by Gasteiger charge is -2.31. The number of rotatable bonds is 8. The van der Waals surface area contributed by atoms with Crippen molar-refractivity contribution in [2.24, 2.45) is 0 Å². The molecule has 0 atom stereocenters. The van der Waals surface area contributed by atoms with Gasteiger partial charge < -0.3 is 10.6 Å². The Morgan fingerprint density at radius 1 is 1.03 bits per heavy atom. The molecule has 2 N–H and O–H groups in total. The number of carbonyl (C=O) groups is 2. The third kappa shape index (κ3) is 6.82. The summed E-state index contributed by atoms with van der Waals surface area (Å²) in [6, 6.07) is 14.4. The molecule has 0 aromatic heterocycles. The van der Waals surface area contributed by atoms with Gasteiger partial charge in [0, 0.05) is 37.5 Å². The van der Waals surface area contributed by atoms with Gasteiger partial charge in [0.05, 0.1) is 10.6 Å². The Morgan fingerprint density at radius 2 is 1.66 bits per heavy atom. The van der Waals surface area contributed by atoms with Gasteiger partial charge in [-0.2, -0.15) is 4.31 Å². The van der Waals surface area contributed by atoms with Crippen molar-refractivity contribution < 1.29 is 18.0 Å². The van der Waals surface area contributed by atoms with Gasteiger partial charge in [-0.25, -0.2) is 8.42 Å². The van der Waals surface area contributed by atoms with Crippen molar-refractivity contribution in [1.29, 1.82) is 0 Å². The second kappa shape index (κ2) is 11.0. The number of carbonyl (C=O) groups excluding carboxylic acids is 2. The van der Waals surface area contributed by atoms with E-state index in [2.05, 4.69) is 34.9 Å². The summed E-state index contributed by atoms with van der Waals surface area (Å²) in [7, 11) is -3.60. The number of benzene rings is 2. The van der Waals surface area contributed by atoms with Gasteiger partial charge in [0.2, 0.25) is 21.8 Å². The minimum absolute atomic E-state index is 0.0167. The Bertz CT molecular complexity index is 1030. The fourth-order valence-electron chi connectivity index (χ4n) is 3.52.